The van der Waals surface area contributed by atoms with Crippen LogP contribution in [0.5, 0.6) is 0 Å². The number of aromatic nitrogens is 2. The summed E-state index contributed by atoms with van der Waals surface area (Å²) in [6.07, 6.45) is 3.20. The SMILES string of the molecule is CC1(c2noc(C3COCCN3)n2)CCCCO1. The Morgan fingerprint density at radius 3 is 3.00 bits per heavy atom. The average molecular weight is 253 g/mol. The summed E-state index contributed by atoms with van der Waals surface area (Å²) in [6.45, 7) is 4.93. The first kappa shape index (κ1) is 12.1. The molecule has 2 atom stereocenters. The van der Waals surface area contributed by atoms with Gasteiger partial charge in [-0.1, -0.05) is 5.16 Å². The fourth-order valence-electron chi connectivity index (χ4n) is 2.43. The molecule has 2 unspecified atom stereocenters. The van der Waals surface area contributed by atoms with Gasteiger partial charge in [-0.25, -0.2) is 0 Å². The molecule has 1 aromatic rings. The van der Waals surface area contributed by atoms with Crippen LogP contribution in [-0.4, -0.2) is 36.5 Å². The molecule has 0 saturated carbocycles. The molecule has 1 aromatic heterocycles. The Labute approximate surface area is 106 Å². The predicted octanol–water partition coefficient (Wildman–Crippen LogP) is 1.15. The van der Waals surface area contributed by atoms with Crippen LogP contribution in [0.4, 0.5) is 0 Å². The van der Waals surface area contributed by atoms with E-state index in [1.807, 2.05) is 6.92 Å². The first-order valence-corrected chi connectivity index (χ1v) is 6.57. The van der Waals surface area contributed by atoms with Crippen LogP contribution in [0.1, 0.15) is 43.9 Å². The number of morpholine rings is 1. The zero-order valence-corrected chi connectivity index (χ0v) is 10.6. The van der Waals surface area contributed by atoms with E-state index in [4.69, 9.17) is 14.0 Å². The molecule has 0 radical (unpaired) electrons. The highest BCUT2D eigenvalue weighted by molar-refractivity contribution is 5.03. The highest BCUT2D eigenvalue weighted by Crippen LogP contribution is 2.33. The maximum atomic E-state index is 5.82. The van der Waals surface area contributed by atoms with Crippen molar-refractivity contribution in [2.24, 2.45) is 0 Å². The molecule has 2 aliphatic heterocycles. The van der Waals surface area contributed by atoms with Crippen molar-refractivity contribution >= 4 is 0 Å². The van der Waals surface area contributed by atoms with E-state index in [2.05, 4.69) is 15.5 Å². The van der Waals surface area contributed by atoms with Crippen molar-refractivity contribution in [2.75, 3.05) is 26.4 Å². The highest BCUT2D eigenvalue weighted by atomic mass is 16.5. The maximum absolute atomic E-state index is 5.82. The van der Waals surface area contributed by atoms with Crippen LogP contribution in [0.15, 0.2) is 4.52 Å². The van der Waals surface area contributed by atoms with E-state index in [0.29, 0.717) is 18.3 Å². The summed E-state index contributed by atoms with van der Waals surface area (Å²) in [7, 11) is 0. The molecule has 0 aromatic carbocycles. The third-order valence-electron chi connectivity index (χ3n) is 3.60. The molecule has 0 bridgehead atoms. The van der Waals surface area contributed by atoms with E-state index < -0.39 is 5.60 Å². The average Bonchev–Trinajstić information content (AvgIpc) is 2.91. The molecule has 6 nitrogen and oxygen atoms in total. The number of nitrogens with zero attached hydrogens (tertiary/aromatic N) is 2. The van der Waals surface area contributed by atoms with Crippen molar-refractivity contribution in [3.8, 4) is 0 Å². The second kappa shape index (κ2) is 4.95. The lowest BCUT2D eigenvalue weighted by Gasteiger charge is -2.30. The smallest absolute Gasteiger partial charge is 0.246 e. The molecule has 3 rings (SSSR count). The molecule has 1 N–H and O–H groups in total. The van der Waals surface area contributed by atoms with Gasteiger partial charge in [0.2, 0.25) is 11.7 Å². The van der Waals surface area contributed by atoms with Crippen LogP contribution in [0.3, 0.4) is 0 Å². The summed E-state index contributed by atoms with van der Waals surface area (Å²) in [4.78, 5) is 4.48. The molecule has 0 spiro atoms. The van der Waals surface area contributed by atoms with Crippen LogP contribution >= 0.6 is 0 Å². The number of hydrogen-bond donors (Lipinski definition) is 1. The fraction of sp³-hybridized carbons (Fsp3) is 0.833. The molecule has 3 heterocycles. The van der Waals surface area contributed by atoms with Gasteiger partial charge >= 0.3 is 0 Å². The van der Waals surface area contributed by atoms with E-state index in [1.165, 1.54) is 0 Å². The molecule has 6 heteroatoms. The van der Waals surface area contributed by atoms with E-state index in [-0.39, 0.29) is 6.04 Å². The molecule has 100 valence electrons. The summed E-state index contributed by atoms with van der Waals surface area (Å²) in [5, 5.41) is 7.38. The molecule has 2 aliphatic rings. The van der Waals surface area contributed by atoms with Gasteiger partial charge in [0.25, 0.3) is 0 Å². The van der Waals surface area contributed by atoms with Gasteiger partial charge in [-0.15, -0.1) is 0 Å². The Morgan fingerprint density at radius 1 is 1.33 bits per heavy atom. The van der Waals surface area contributed by atoms with Crippen molar-refractivity contribution in [1.29, 1.82) is 0 Å². The summed E-state index contributed by atoms with van der Waals surface area (Å²) in [5.41, 5.74) is -0.393. The minimum Gasteiger partial charge on any atom is -0.378 e. The molecule has 2 saturated heterocycles. The largest absolute Gasteiger partial charge is 0.378 e. The van der Waals surface area contributed by atoms with Crippen LogP contribution in [-0.2, 0) is 15.1 Å². The summed E-state index contributed by atoms with van der Waals surface area (Å²) >= 11 is 0. The zero-order valence-electron chi connectivity index (χ0n) is 10.6. The summed E-state index contributed by atoms with van der Waals surface area (Å²) in [5.74, 6) is 1.25. The van der Waals surface area contributed by atoms with Crippen LogP contribution in [0.25, 0.3) is 0 Å². The fourth-order valence-corrected chi connectivity index (χ4v) is 2.43. The van der Waals surface area contributed by atoms with Gasteiger partial charge in [-0.05, 0) is 26.2 Å². The van der Waals surface area contributed by atoms with E-state index >= 15 is 0 Å². The third kappa shape index (κ3) is 2.28. The monoisotopic (exact) mass is 253 g/mol. The summed E-state index contributed by atoms with van der Waals surface area (Å²) < 4.78 is 16.5. The molecule has 0 amide bonds. The quantitative estimate of drug-likeness (QED) is 0.852. The van der Waals surface area contributed by atoms with E-state index in [0.717, 1.165) is 39.0 Å². The van der Waals surface area contributed by atoms with Gasteiger partial charge in [0, 0.05) is 13.2 Å². The first-order chi connectivity index (χ1) is 8.78. The van der Waals surface area contributed by atoms with Crippen molar-refractivity contribution in [2.45, 2.75) is 37.8 Å². The van der Waals surface area contributed by atoms with Gasteiger partial charge in [-0.2, -0.15) is 4.98 Å². The predicted molar refractivity (Wildman–Crippen MR) is 63.0 cm³/mol. The Hall–Kier alpha value is -0.980. The van der Waals surface area contributed by atoms with Crippen LogP contribution < -0.4 is 5.32 Å². The topological polar surface area (TPSA) is 69.4 Å². The Balaban J connectivity index is 1.75. The van der Waals surface area contributed by atoms with E-state index in [9.17, 15) is 0 Å². The van der Waals surface area contributed by atoms with Gasteiger partial charge < -0.3 is 19.3 Å². The number of hydrogen-bond acceptors (Lipinski definition) is 6. The Kier molecular flexibility index (Phi) is 3.32. The number of ether oxygens (including phenoxy) is 2. The lowest BCUT2D eigenvalue weighted by atomic mass is 9.95. The first-order valence-electron chi connectivity index (χ1n) is 6.57. The van der Waals surface area contributed by atoms with Crippen molar-refractivity contribution in [3.05, 3.63) is 11.7 Å². The molecular weight excluding hydrogens is 234 g/mol. The normalized spacial score (nSPS) is 33.5. The second-order valence-corrected chi connectivity index (χ2v) is 5.07. The molecule has 2 fully saturated rings. The highest BCUT2D eigenvalue weighted by Gasteiger charge is 2.36. The minimum absolute atomic E-state index is 0.00666. The van der Waals surface area contributed by atoms with E-state index in [1.54, 1.807) is 0 Å². The lowest BCUT2D eigenvalue weighted by molar-refractivity contribution is -0.0770. The maximum Gasteiger partial charge on any atom is 0.246 e. The Bertz CT molecular complexity index is 395. The van der Waals surface area contributed by atoms with Gasteiger partial charge in [0.1, 0.15) is 11.6 Å². The standard InChI is InChI=1S/C12H19N3O3/c1-12(4-2-3-6-17-12)11-14-10(18-15-11)9-8-16-7-5-13-9/h9,13H,2-8H2,1H3. The number of rotatable bonds is 2. The molecular formula is C12H19N3O3. The third-order valence-corrected chi connectivity index (χ3v) is 3.60. The van der Waals surface area contributed by atoms with Gasteiger partial charge in [-0.3, -0.25) is 0 Å². The van der Waals surface area contributed by atoms with Gasteiger partial charge in [0.05, 0.1) is 13.2 Å². The van der Waals surface area contributed by atoms with Crippen LogP contribution in [0, 0.1) is 0 Å². The van der Waals surface area contributed by atoms with Crippen LogP contribution in [0.2, 0.25) is 0 Å². The number of nitrogens with one attached hydrogen (secondary N) is 1. The zero-order chi connectivity index (χ0) is 12.4. The molecule has 0 aliphatic carbocycles. The van der Waals surface area contributed by atoms with Crippen molar-refractivity contribution < 1.29 is 14.0 Å². The summed E-state index contributed by atoms with van der Waals surface area (Å²) in [6, 6.07) is 0.00666. The van der Waals surface area contributed by atoms with Crippen molar-refractivity contribution in [1.82, 2.24) is 15.5 Å². The minimum atomic E-state index is -0.393. The molecule has 18 heavy (non-hydrogen) atoms. The van der Waals surface area contributed by atoms with Crippen molar-refractivity contribution in [3.63, 3.8) is 0 Å². The Morgan fingerprint density at radius 2 is 2.28 bits per heavy atom. The lowest BCUT2D eigenvalue weighted by Crippen LogP contribution is -2.35. The second-order valence-electron chi connectivity index (χ2n) is 5.07. The van der Waals surface area contributed by atoms with Gasteiger partial charge in [0.15, 0.2) is 0 Å².